The molecule has 0 spiro atoms. The highest BCUT2D eigenvalue weighted by Gasteiger charge is 2.16. The highest BCUT2D eigenvalue weighted by atomic mass is 35.5. The Morgan fingerprint density at radius 2 is 2.44 bits per heavy atom. The van der Waals surface area contributed by atoms with E-state index in [1.807, 2.05) is 12.2 Å². The van der Waals surface area contributed by atoms with Gasteiger partial charge in [0, 0.05) is 18.2 Å². The molecule has 0 aliphatic heterocycles. The van der Waals surface area contributed by atoms with E-state index in [0.717, 1.165) is 6.42 Å². The van der Waals surface area contributed by atoms with Crippen molar-refractivity contribution in [3.05, 3.63) is 12.2 Å². The molecule has 0 N–H and O–H groups in total. The molecule has 1 rings (SSSR count). The minimum absolute atomic E-state index is 0.0941. The molecule has 1 unspecified atom stereocenters. The van der Waals surface area contributed by atoms with Gasteiger partial charge < -0.3 is 0 Å². The van der Waals surface area contributed by atoms with Gasteiger partial charge in [0.15, 0.2) is 0 Å². The first-order valence-electron chi connectivity index (χ1n) is 3.08. The van der Waals surface area contributed by atoms with Gasteiger partial charge in [-0.05, 0) is 6.42 Å². The summed E-state index contributed by atoms with van der Waals surface area (Å²) in [4.78, 5) is 10.9. The lowest BCUT2D eigenvalue weighted by Crippen LogP contribution is -2.16. The second-order valence-corrected chi connectivity index (χ2v) is 2.54. The number of rotatable bonds is 1. The van der Waals surface area contributed by atoms with Gasteiger partial charge in [-0.2, -0.15) is 0 Å². The minimum Gasteiger partial charge on any atom is -0.299 e. The fraction of sp³-hybridized carbons (Fsp3) is 0.571. The fourth-order valence-electron chi connectivity index (χ4n) is 0.907. The van der Waals surface area contributed by atoms with E-state index in [0.29, 0.717) is 12.3 Å². The number of carbonyl (C=O) groups is 1. The maximum Gasteiger partial charge on any atom is 0.141 e. The number of allylic oxidation sites excluding steroid dienone is 2. The molecule has 1 aliphatic rings. The number of alkyl halides is 1. The number of hydrogen-bond donors (Lipinski definition) is 0. The molecule has 1 nitrogen and oxygen atoms in total. The van der Waals surface area contributed by atoms with Crippen LogP contribution in [0.5, 0.6) is 0 Å². The average molecular weight is 145 g/mol. The Balaban J connectivity index is 2.53. The molecule has 1 atom stereocenters. The van der Waals surface area contributed by atoms with Gasteiger partial charge in [-0.1, -0.05) is 12.2 Å². The Labute approximate surface area is 59.7 Å². The van der Waals surface area contributed by atoms with Crippen molar-refractivity contribution in [3.8, 4) is 0 Å². The van der Waals surface area contributed by atoms with E-state index in [2.05, 4.69) is 0 Å². The van der Waals surface area contributed by atoms with Gasteiger partial charge in [0.1, 0.15) is 5.78 Å². The third kappa shape index (κ3) is 1.55. The van der Waals surface area contributed by atoms with Crippen LogP contribution in [0.4, 0.5) is 0 Å². The molecular weight excluding hydrogens is 136 g/mol. The van der Waals surface area contributed by atoms with Crippen LogP contribution in [0.1, 0.15) is 12.8 Å². The Kier molecular flexibility index (Phi) is 2.29. The molecule has 0 bridgehead atoms. The van der Waals surface area contributed by atoms with Crippen molar-refractivity contribution in [2.24, 2.45) is 5.92 Å². The first-order chi connectivity index (χ1) is 4.34. The van der Waals surface area contributed by atoms with E-state index < -0.39 is 0 Å². The Morgan fingerprint density at radius 1 is 1.67 bits per heavy atom. The SMILES string of the molecule is O=C1CC=CCC1CCl. The predicted octanol–water partition coefficient (Wildman–Crippen LogP) is 1.76. The van der Waals surface area contributed by atoms with Crippen molar-refractivity contribution in [1.29, 1.82) is 0 Å². The quantitative estimate of drug-likeness (QED) is 0.405. The third-order valence-corrected chi connectivity index (χ3v) is 1.92. The van der Waals surface area contributed by atoms with E-state index >= 15 is 0 Å². The summed E-state index contributed by atoms with van der Waals surface area (Å²) in [7, 11) is 0. The molecule has 9 heavy (non-hydrogen) atoms. The zero-order chi connectivity index (χ0) is 6.69. The lowest BCUT2D eigenvalue weighted by Gasteiger charge is -2.11. The average Bonchev–Trinajstić information content (AvgIpc) is 1.89. The molecule has 0 saturated heterocycles. The Hall–Kier alpha value is -0.300. The normalized spacial score (nSPS) is 26.8. The summed E-state index contributed by atoms with van der Waals surface area (Å²) in [6.45, 7) is 0. The van der Waals surface area contributed by atoms with Gasteiger partial charge in [-0.3, -0.25) is 4.79 Å². The topological polar surface area (TPSA) is 17.1 Å². The molecule has 0 aromatic heterocycles. The van der Waals surface area contributed by atoms with Crippen molar-refractivity contribution in [1.82, 2.24) is 0 Å². The number of Topliss-reactive ketones (excluding diaryl/α,β-unsaturated/α-hetero) is 1. The molecule has 0 fully saturated rings. The summed E-state index contributed by atoms with van der Waals surface area (Å²) in [5.41, 5.74) is 0. The van der Waals surface area contributed by atoms with Crippen LogP contribution in [0.3, 0.4) is 0 Å². The van der Waals surface area contributed by atoms with Gasteiger partial charge in [-0.25, -0.2) is 0 Å². The minimum atomic E-state index is 0.0941. The van der Waals surface area contributed by atoms with Gasteiger partial charge in [0.05, 0.1) is 0 Å². The lowest BCUT2D eigenvalue weighted by atomic mass is 9.95. The molecule has 0 saturated carbocycles. The van der Waals surface area contributed by atoms with Gasteiger partial charge in [0.25, 0.3) is 0 Å². The van der Waals surface area contributed by atoms with Crippen molar-refractivity contribution in [3.63, 3.8) is 0 Å². The van der Waals surface area contributed by atoms with Gasteiger partial charge in [-0.15, -0.1) is 11.6 Å². The summed E-state index contributed by atoms with van der Waals surface area (Å²) >= 11 is 5.52. The van der Waals surface area contributed by atoms with Crippen molar-refractivity contribution >= 4 is 17.4 Å². The molecular formula is C7H9ClO. The van der Waals surface area contributed by atoms with Crippen LogP contribution >= 0.6 is 11.6 Å². The number of hydrogen-bond acceptors (Lipinski definition) is 1. The summed E-state index contributed by atoms with van der Waals surface area (Å²) in [5.74, 6) is 0.854. The monoisotopic (exact) mass is 144 g/mol. The molecule has 0 aromatic carbocycles. The third-order valence-electron chi connectivity index (χ3n) is 1.55. The Morgan fingerprint density at radius 3 is 2.89 bits per heavy atom. The zero-order valence-electron chi connectivity index (χ0n) is 5.14. The first kappa shape index (κ1) is 6.81. The van der Waals surface area contributed by atoms with Gasteiger partial charge in [0.2, 0.25) is 0 Å². The highest BCUT2D eigenvalue weighted by Crippen LogP contribution is 2.15. The van der Waals surface area contributed by atoms with Gasteiger partial charge >= 0.3 is 0 Å². The lowest BCUT2D eigenvalue weighted by molar-refractivity contribution is -0.121. The molecule has 0 heterocycles. The standard InChI is InChI=1S/C7H9ClO/c8-5-6-3-1-2-4-7(6)9/h1-2,6H,3-5H2. The first-order valence-corrected chi connectivity index (χ1v) is 3.61. The van der Waals surface area contributed by atoms with E-state index in [4.69, 9.17) is 11.6 Å². The molecule has 50 valence electrons. The van der Waals surface area contributed by atoms with Crippen LogP contribution in [-0.4, -0.2) is 11.7 Å². The van der Waals surface area contributed by atoms with Crippen LogP contribution in [0.15, 0.2) is 12.2 Å². The second-order valence-electron chi connectivity index (χ2n) is 2.23. The number of ketones is 1. The van der Waals surface area contributed by atoms with Crippen LogP contribution in [-0.2, 0) is 4.79 Å². The molecule has 1 aliphatic carbocycles. The smallest absolute Gasteiger partial charge is 0.141 e. The molecule has 2 heteroatoms. The van der Waals surface area contributed by atoms with E-state index in [1.165, 1.54) is 0 Å². The summed E-state index contributed by atoms with van der Waals surface area (Å²) in [5, 5.41) is 0. The van der Waals surface area contributed by atoms with E-state index in [9.17, 15) is 4.79 Å². The van der Waals surface area contributed by atoms with Crippen LogP contribution in [0.25, 0.3) is 0 Å². The van der Waals surface area contributed by atoms with E-state index in [1.54, 1.807) is 0 Å². The maximum absolute atomic E-state index is 10.9. The van der Waals surface area contributed by atoms with E-state index in [-0.39, 0.29) is 11.7 Å². The van der Waals surface area contributed by atoms with Crippen molar-refractivity contribution in [2.45, 2.75) is 12.8 Å². The second kappa shape index (κ2) is 3.02. The Bertz CT molecular complexity index is 140. The van der Waals surface area contributed by atoms with Crippen molar-refractivity contribution in [2.75, 3.05) is 5.88 Å². The number of halogens is 1. The molecule has 0 aromatic rings. The fourth-order valence-corrected chi connectivity index (χ4v) is 1.21. The van der Waals surface area contributed by atoms with Crippen LogP contribution in [0.2, 0.25) is 0 Å². The van der Waals surface area contributed by atoms with Crippen LogP contribution in [0, 0.1) is 5.92 Å². The molecule has 0 radical (unpaired) electrons. The van der Waals surface area contributed by atoms with Crippen LogP contribution < -0.4 is 0 Å². The summed E-state index contributed by atoms with van der Waals surface area (Å²) < 4.78 is 0. The predicted molar refractivity (Wildman–Crippen MR) is 37.6 cm³/mol. The summed E-state index contributed by atoms with van der Waals surface area (Å²) in [6.07, 6.45) is 5.35. The zero-order valence-corrected chi connectivity index (χ0v) is 5.90. The largest absolute Gasteiger partial charge is 0.299 e. The molecule has 0 amide bonds. The maximum atomic E-state index is 10.9. The highest BCUT2D eigenvalue weighted by molar-refractivity contribution is 6.19. The van der Waals surface area contributed by atoms with Crippen molar-refractivity contribution < 1.29 is 4.79 Å². The summed E-state index contributed by atoms with van der Waals surface area (Å²) in [6, 6.07) is 0. The number of carbonyl (C=O) groups excluding carboxylic acids is 1.